The first-order valence-corrected chi connectivity index (χ1v) is 6.94. The van der Waals surface area contributed by atoms with Crippen molar-refractivity contribution in [3.05, 3.63) is 54.1 Å². The van der Waals surface area contributed by atoms with Gasteiger partial charge in [-0.25, -0.2) is 9.97 Å². The van der Waals surface area contributed by atoms with Crippen molar-refractivity contribution < 1.29 is 0 Å². The zero-order chi connectivity index (χ0) is 12.8. The Balaban J connectivity index is 1.94. The van der Waals surface area contributed by atoms with Crippen LogP contribution in [-0.4, -0.2) is 17.0 Å². The number of benzene rings is 1. The molecular formula is C14H17N3S. The van der Waals surface area contributed by atoms with Crippen LogP contribution in [0.5, 0.6) is 0 Å². The molecular weight excluding hydrogens is 242 g/mol. The lowest BCUT2D eigenvalue weighted by atomic mass is 10.1. The first kappa shape index (κ1) is 13.1. The Hall–Kier alpha value is -1.39. The molecule has 0 aliphatic rings. The SMILES string of the molecule is CNC(C)c1ccc(SCc2ncccn2)cc1. The van der Waals surface area contributed by atoms with Crippen LogP contribution in [0.4, 0.5) is 0 Å². The third-order valence-electron chi connectivity index (χ3n) is 2.80. The largest absolute Gasteiger partial charge is 0.313 e. The van der Waals surface area contributed by atoms with Gasteiger partial charge in [0.15, 0.2) is 0 Å². The van der Waals surface area contributed by atoms with Gasteiger partial charge in [-0.1, -0.05) is 12.1 Å². The molecule has 2 aromatic rings. The summed E-state index contributed by atoms with van der Waals surface area (Å²) in [5, 5.41) is 3.23. The molecule has 0 saturated carbocycles. The van der Waals surface area contributed by atoms with Gasteiger partial charge in [0.25, 0.3) is 0 Å². The van der Waals surface area contributed by atoms with Crippen LogP contribution in [0, 0.1) is 0 Å². The lowest BCUT2D eigenvalue weighted by molar-refractivity contribution is 0.652. The molecule has 3 nitrogen and oxygen atoms in total. The molecule has 0 fully saturated rings. The molecule has 1 heterocycles. The molecule has 0 radical (unpaired) electrons. The number of rotatable bonds is 5. The van der Waals surface area contributed by atoms with E-state index in [0.29, 0.717) is 6.04 Å². The molecule has 1 aromatic carbocycles. The molecule has 2 rings (SSSR count). The predicted molar refractivity (Wildman–Crippen MR) is 75.5 cm³/mol. The normalized spacial score (nSPS) is 12.3. The molecule has 1 atom stereocenters. The third kappa shape index (κ3) is 3.55. The fraction of sp³-hybridized carbons (Fsp3) is 0.286. The Morgan fingerprint density at radius 3 is 2.44 bits per heavy atom. The Morgan fingerprint density at radius 1 is 1.17 bits per heavy atom. The van der Waals surface area contributed by atoms with Crippen LogP contribution < -0.4 is 5.32 Å². The van der Waals surface area contributed by atoms with Gasteiger partial charge in [-0.05, 0) is 37.7 Å². The summed E-state index contributed by atoms with van der Waals surface area (Å²) in [5.74, 6) is 1.68. The fourth-order valence-electron chi connectivity index (χ4n) is 1.57. The molecule has 4 heteroatoms. The topological polar surface area (TPSA) is 37.8 Å². The molecule has 18 heavy (non-hydrogen) atoms. The van der Waals surface area contributed by atoms with Crippen molar-refractivity contribution in [3.63, 3.8) is 0 Å². The highest BCUT2D eigenvalue weighted by Gasteiger charge is 2.02. The van der Waals surface area contributed by atoms with Crippen LogP contribution >= 0.6 is 11.8 Å². The third-order valence-corrected chi connectivity index (χ3v) is 3.81. The summed E-state index contributed by atoms with van der Waals surface area (Å²) in [5.41, 5.74) is 1.30. The van der Waals surface area contributed by atoms with Gasteiger partial charge in [0.1, 0.15) is 5.82 Å². The van der Waals surface area contributed by atoms with E-state index >= 15 is 0 Å². The van der Waals surface area contributed by atoms with Crippen LogP contribution in [-0.2, 0) is 5.75 Å². The second kappa shape index (κ2) is 6.52. The average molecular weight is 259 g/mol. The van der Waals surface area contributed by atoms with Crippen molar-refractivity contribution in [3.8, 4) is 0 Å². The zero-order valence-corrected chi connectivity index (χ0v) is 11.4. The van der Waals surface area contributed by atoms with Crippen LogP contribution in [0.3, 0.4) is 0 Å². The Kier molecular flexibility index (Phi) is 4.73. The second-order valence-electron chi connectivity index (χ2n) is 4.03. The van der Waals surface area contributed by atoms with E-state index in [1.807, 2.05) is 13.1 Å². The summed E-state index contributed by atoms with van der Waals surface area (Å²) in [6, 6.07) is 10.8. The minimum absolute atomic E-state index is 0.390. The van der Waals surface area contributed by atoms with E-state index in [0.717, 1.165) is 11.6 Å². The second-order valence-corrected chi connectivity index (χ2v) is 5.08. The van der Waals surface area contributed by atoms with Crippen LogP contribution in [0.25, 0.3) is 0 Å². The zero-order valence-electron chi connectivity index (χ0n) is 10.6. The van der Waals surface area contributed by atoms with E-state index in [2.05, 4.69) is 46.5 Å². The lowest BCUT2D eigenvalue weighted by Gasteiger charge is -2.10. The van der Waals surface area contributed by atoms with Gasteiger partial charge in [0.05, 0.1) is 5.75 Å². The first-order valence-electron chi connectivity index (χ1n) is 5.95. The van der Waals surface area contributed by atoms with Crippen molar-refractivity contribution in [2.24, 2.45) is 0 Å². The van der Waals surface area contributed by atoms with Crippen molar-refractivity contribution in [2.45, 2.75) is 23.6 Å². The number of thioether (sulfide) groups is 1. The van der Waals surface area contributed by atoms with E-state index in [1.54, 1.807) is 24.2 Å². The van der Waals surface area contributed by atoms with Crippen molar-refractivity contribution in [1.29, 1.82) is 0 Å². The molecule has 94 valence electrons. The van der Waals surface area contributed by atoms with E-state index in [-0.39, 0.29) is 0 Å². The number of nitrogens with one attached hydrogen (secondary N) is 1. The standard InChI is InChI=1S/C14H17N3S/c1-11(15-2)12-4-6-13(7-5-12)18-10-14-16-8-3-9-17-14/h3-9,11,15H,10H2,1-2H3. The van der Waals surface area contributed by atoms with Crippen LogP contribution in [0.15, 0.2) is 47.6 Å². The van der Waals surface area contributed by atoms with Crippen LogP contribution in [0.2, 0.25) is 0 Å². The first-order chi connectivity index (χ1) is 8.79. The van der Waals surface area contributed by atoms with Crippen molar-refractivity contribution in [1.82, 2.24) is 15.3 Å². The fourth-order valence-corrected chi connectivity index (χ4v) is 2.35. The molecule has 0 spiro atoms. The minimum Gasteiger partial charge on any atom is -0.313 e. The smallest absolute Gasteiger partial charge is 0.138 e. The van der Waals surface area contributed by atoms with E-state index in [1.165, 1.54) is 10.5 Å². The lowest BCUT2D eigenvalue weighted by Crippen LogP contribution is -2.11. The van der Waals surface area contributed by atoms with Gasteiger partial charge in [-0.3, -0.25) is 0 Å². The maximum atomic E-state index is 4.21. The van der Waals surface area contributed by atoms with Crippen LogP contribution in [0.1, 0.15) is 24.4 Å². The predicted octanol–water partition coefficient (Wildman–Crippen LogP) is 3.05. The average Bonchev–Trinajstić information content (AvgIpc) is 2.46. The minimum atomic E-state index is 0.390. The maximum absolute atomic E-state index is 4.21. The van der Waals surface area contributed by atoms with E-state index < -0.39 is 0 Å². The number of nitrogens with zero attached hydrogens (tertiary/aromatic N) is 2. The number of hydrogen-bond donors (Lipinski definition) is 1. The molecule has 0 amide bonds. The van der Waals surface area contributed by atoms with Gasteiger partial charge in [0, 0.05) is 23.3 Å². The summed E-state index contributed by atoms with van der Waals surface area (Å²) in [4.78, 5) is 9.67. The summed E-state index contributed by atoms with van der Waals surface area (Å²) >= 11 is 1.76. The van der Waals surface area contributed by atoms with Gasteiger partial charge >= 0.3 is 0 Å². The monoisotopic (exact) mass is 259 g/mol. The summed E-state index contributed by atoms with van der Waals surface area (Å²) in [7, 11) is 1.97. The Morgan fingerprint density at radius 2 is 1.83 bits per heavy atom. The van der Waals surface area contributed by atoms with Gasteiger partial charge < -0.3 is 5.32 Å². The maximum Gasteiger partial charge on any atom is 0.138 e. The Bertz CT molecular complexity index is 470. The van der Waals surface area contributed by atoms with E-state index in [9.17, 15) is 0 Å². The van der Waals surface area contributed by atoms with Crippen molar-refractivity contribution >= 4 is 11.8 Å². The summed E-state index contributed by atoms with van der Waals surface area (Å²) in [6.07, 6.45) is 3.56. The quantitative estimate of drug-likeness (QED) is 0.838. The molecule has 1 N–H and O–H groups in total. The highest BCUT2D eigenvalue weighted by molar-refractivity contribution is 7.98. The van der Waals surface area contributed by atoms with Crippen molar-refractivity contribution in [2.75, 3.05) is 7.05 Å². The summed E-state index contributed by atoms with van der Waals surface area (Å²) in [6.45, 7) is 2.15. The highest BCUT2D eigenvalue weighted by Crippen LogP contribution is 2.23. The number of aromatic nitrogens is 2. The van der Waals surface area contributed by atoms with E-state index in [4.69, 9.17) is 0 Å². The molecule has 0 aliphatic heterocycles. The Labute approximate surface area is 112 Å². The summed E-state index contributed by atoms with van der Waals surface area (Å²) < 4.78 is 0. The van der Waals surface area contributed by atoms with Gasteiger partial charge in [-0.15, -0.1) is 11.8 Å². The highest BCUT2D eigenvalue weighted by atomic mass is 32.2. The molecule has 0 saturated heterocycles. The molecule has 1 unspecified atom stereocenters. The molecule has 0 aliphatic carbocycles. The van der Waals surface area contributed by atoms with Gasteiger partial charge in [-0.2, -0.15) is 0 Å². The van der Waals surface area contributed by atoms with Gasteiger partial charge in [0.2, 0.25) is 0 Å². The molecule has 0 bridgehead atoms. The number of hydrogen-bond acceptors (Lipinski definition) is 4. The molecule has 1 aromatic heterocycles.